The van der Waals surface area contributed by atoms with Crippen LogP contribution in [0.5, 0.6) is 0 Å². The minimum absolute atomic E-state index is 0.504. The van der Waals surface area contributed by atoms with Crippen molar-refractivity contribution in [3.05, 3.63) is 29.6 Å². The van der Waals surface area contributed by atoms with Gasteiger partial charge >= 0.3 is 5.97 Å². The Hall–Kier alpha value is -1.55. The molecule has 2 N–H and O–H groups in total. The number of carboxylic acids is 1. The van der Waals surface area contributed by atoms with Crippen molar-refractivity contribution in [2.45, 2.75) is 25.8 Å². The SMILES string of the molecule is CCCC(Nc1ccc2sccc2c1)C(=O)O. The van der Waals surface area contributed by atoms with Crippen LogP contribution >= 0.6 is 11.3 Å². The van der Waals surface area contributed by atoms with Crippen molar-refractivity contribution in [1.82, 2.24) is 0 Å². The second kappa shape index (κ2) is 5.19. The summed E-state index contributed by atoms with van der Waals surface area (Å²) in [5.41, 5.74) is 0.872. The molecule has 90 valence electrons. The van der Waals surface area contributed by atoms with Gasteiger partial charge in [0.25, 0.3) is 0 Å². The number of carboxylic acid groups (broad SMARTS) is 1. The number of fused-ring (bicyclic) bond motifs is 1. The van der Waals surface area contributed by atoms with Crippen LogP contribution in [0.2, 0.25) is 0 Å². The van der Waals surface area contributed by atoms with Crippen molar-refractivity contribution < 1.29 is 9.90 Å². The van der Waals surface area contributed by atoms with Gasteiger partial charge in [-0.3, -0.25) is 0 Å². The molecule has 0 spiro atoms. The van der Waals surface area contributed by atoms with E-state index in [9.17, 15) is 4.79 Å². The van der Waals surface area contributed by atoms with E-state index in [0.29, 0.717) is 6.42 Å². The molecule has 17 heavy (non-hydrogen) atoms. The normalized spacial score (nSPS) is 12.5. The summed E-state index contributed by atoms with van der Waals surface area (Å²) in [6.07, 6.45) is 1.49. The lowest BCUT2D eigenvalue weighted by molar-refractivity contribution is -0.138. The minimum atomic E-state index is -0.794. The van der Waals surface area contributed by atoms with E-state index in [-0.39, 0.29) is 0 Å². The van der Waals surface area contributed by atoms with E-state index in [1.54, 1.807) is 11.3 Å². The van der Waals surface area contributed by atoms with Gasteiger partial charge in [0.1, 0.15) is 6.04 Å². The smallest absolute Gasteiger partial charge is 0.326 e. The summed E-state index contributed by atoms with van der Waals surface area (Å²) in [4.78, 5) is 11.0. The highest BCUT2D eigenvalue weighted by molar-refractivity contribution is 7.17. The van der Waals surface area contributed by atoms with E-state index >= 15 is 0 Å². The monoisotopic (exact) mass is 249 g/mol. The molecule has 1 atom stereocenters. The molecule has 2 aromatic rings. The fourth-order valence-corrected chi connectivity index (χ4v) is 2.57. The maximum atomic E-state index is 11.0. The molecule has 0 saturated heterocycles. The van der Waals surface area contributed by atoms with Gasteiger partial charge in [-0.2, -0.15) is 0 Å². The van der Waals surface area contributed by atoms with Gasteiger partial charge in [0.15, 0.2) is 0 Å². The summed E-state index contributed by atoms with van der Waals surface area (Å²) < 4.78 is 1.22. The van der Waals surface area contributed by atoms with Crippen LogP contribution in [-0.4, -0.2) is 17.1 Å². The fraction of sp³-hybridized carbons (Fsp3) is 0.308. The molecule has 1 heterocycles. The van der Waals surface area contributed by atoms with E-state index in [0.717, 1.165) is 17.5 Å². The standard InChI is InChI=1S/C13H15NO2S/c1-2-3-11(13(15)16)14-10-4-5-12-9(8-10)6-7-17-12/h4-8,11,14H,2-3H2,1H3,(H,15,16). The molecule has 3 nitrogen and oxygen atoms in total. The van der Waals surface area contributed by atoms with E-state index in [1.165, 1.54) is 4.70 Å². The summed E-state index contributed by atoms with van der Waals surface area (Å²) in [5, 5.41) is 15.3. The molecule has 1 unspecified atom stereocenters. The molecule has 0 aliphatic heterocycles. The zero-order valence-electron chi connectivity index (χ0n) is 9.64. The van der Waals surface area contributed by atoms with Gasteiger partial charge in [0.2, 0.25) is 0 Å². The fourth-order valence-electron chi connectivity index (χ4n) is 1.80. The zero-order chi connectivity index (χ0) is 12.3. The quantitative estimate of drug-likeness (QED) is 0.851. The molecule has 0 fully saturated rings. The molecule has 0 saturated carbocycles. The Labute approximate surface area is 104 Å². The second-order valence-electron chi connectivity index (χ2n) is 4.00. The van der Waals surface area contributed by atoms with Crippen LogP contribution in [-0.2, 0) is 4.79 Å². The first-order chi connectivity index (χ1) is 8.20. The van der Waals surface area contributed by atoms with Gasteiger partial charge in [-0.15, -0.1) is 11.3 Å². The van der Waals surface area contributed by atoms with Crippen molar-refractivity contribution in [1.29, 1.82) is 0 Å². The largest absolute Gasteiger partial charge is 0.480 e. The maximum Gasteiger partial charge on any atom is 0.326 e. The summed E-state index contributed by atoms with van der Waals surface area (Å²) >= 11 is 1.69. The first-order valence-corrected chi connectivity index (χ1v) is 6.55. The number of thiophene rings is 1. The van der Waals surface area contributed by atoms with Crippen LogP contribution in [0, 0.1) is 0 Å². The lowest BCUT2D eigenvalue weighted by Crippen LogP contribution is -2.28. The van der Waals surface area contributed by atoms with Gasteiger partial charge in [-0.05, 0) is 41.5 Å². The molecule has 4 heteroatoms. The number of hydrogen-bond donors (Lipinski definition) is 2. The summed E-state index contributed by atoms with van der Waals surface area (Å²) in [6, 6.07) is 7.49. The minimum Gasteiger partial charge on any atom is -0.480 e. The third-order valence-electron chi connectivity index (χ3n) is 2.67. The topological polar surface area (TPSA) is 49.3 Å². The molecule has 0 aliphatic carbocycles. The molecular weight excluding hydrogens is 234 g/mol. The van der Waals surface area contributed by atoms with Crippen molar-refractivity contribution in [2.24, 2.45) is 0 Å². The summed E-state index contributed by atoms with van der Waals surface area (Å²) in [6.45, 7) is 1.99. The average molecular weight is 249 g/mol. The van der Waals surface area contributed by atoms with Gasteiger partial charge in [0.05, 0.1) is 0 Å². The van der Waals surface area contributed by atoms with Crippen LogP contribution in [0.3, 0.4) is 0 Å². The van der Waals surface area contributed by atoms with Crippen molar-refractivity contribution in [3.8, 4) is 0 Å². The Morgan fingerprint density at radius 1 is 1.47 bits per heavy atom. The van der Waals surface area contributed by atoms with E-state index < -0.39 is 12.0 Å². The number of benzene rings is 1. The number of hydrogen-bond acceptors (Lipinski definition) is 3. The zero-order valence-corrected chi connectivity index (χ0v) is 10.5. The number of rotatable bonds is 5. The molecule has 0 radical (unpaired) electrons. The summed E-state index contributed by atoms with van der Waals surface area (Å²) in [5.74, 6) is -0.794. The molecule has 1 aromatic heterocycles. The molecule has 1 aromatic carbocycles. The second-order valence-corrected chi connectivity index (χ2v) is 4.94. The van der Waals surface area contributed by atoms with Crippen molar-refractivity contribution >= 4 is 33.1 Å². The van der Waals surface area contributed by atoms with Gasteiger partial charge in [-0.1, -0.05) is 13.3 Å². The Kier molecular flexibility index (Phi) is 3.64. The molecule has 0 bridgehead atoms. The van der Waals surface area contributed by atoms with Crippen LogP contribution in [0.1, 0.15) is 19.8 Å². The van der Waals surface area contributed by atoms with Gasteiger partial charge in [0, 0.05) is 10.4 Å². The van der Waals surface area contributed by atoms with Gasteiger partial charge < -0.3 is 10.4 Å². The Morgan fingerprint density at radius 3 is 3.00 bits per heavy atom. The predicted molar refractivity (Wildman–Crippen MR) is 71.8 cm³/mol. The maximum absolute atomic E-state index is 11.0. The van der Waals surface area contributed by atoms with Crippen LogP contribution in [0.4, 0.5) is 5.69 Å². The van der Waals surface area contributed by atoms with Crippen LogP contribution in [0.15, 0.2) is 29.6 Å². The van der Waals surface area contributed by atoms with Crippen LogP contribution < -0.4 is 5.32 Å². The molecule has 0 amide bonds. The number of aliphatic carboxylic acids is 1. The Morgan fingerprint density at radius 2 is 2.29 bits per heavy atom. The predicted octanol–water partition coefficient (Wildman–Crippen LogP) is 3.57. The third kappa shape index (κ3) is 2.77. The number of nitrogens with one attached hydrogen (secondary N) is 1. The highest BCUT2D eigenvalue weighted by atomic mass is 32.1. The van der Waals surface area contributed by atoms with Gasteiger partial charge in [-0.25, -0.2) is 4.79 Å². The van der Waals surface area contributed by atoms with Crippen LogP contribution in [0.25, 0.3) is 10.1 Å². The number of carbonyl (C=O) groups is 1. The molecule has 0 aliphatic rings. The van der Waals surface area contributed by atoms with E-state index in [4.69, 9.17) is 5.11 Å². The highest BCUT2D eigenvalue weighted by Crippen LogP contribution is 2.24. The Balaban J connectivity index is 2.18. The van der Waals surface area contributed by atoms with E-state index in [1.807, 2.05) is 36.6 Å². The van der Waals surface area contributed by atoms with Crippen molar-refractivity contribution in [3.63, 3.8) is 0 Å². The first-order valence-electron chi connectivity index (χ1n) is 5.67. The third-order valence-corrected chi connectivity index (χ3v) is 3.57. The highest BCUT2D eigenvalue weighted by Gasteiger charge is 2.15. The first kappa shape index (κ1) is 11.9. The lowest BCUT2D eigenvalue weighted by atomic mass is 10.1. The molecular formula is C13H15NO2S. The Bertz CT molecular complexity index is 521. The molecule has 2 rings (SSSR count). The summed E-state index contributed by atoms with van der Waals surface area (Å²) in [7, 11) is 0. The lowest BCUT2D eigenvalue weighted by Gasteiger charge is -2.14. The van der Waals surface area contributed by atoms with E-state index in [2.05, 4.69) is 5.32 Å². The van der Waals surface area contributed by atoms with Crippen molar-refractivity contribution in [2.75, 3.05) is 5.32 Å². The average Bonchev–Trinajstić information content (AvgIpc) is 2.75. The number of anilines is 1.